The van der Waals surface area contributed by atoms with Gasteiger partial charge >= 0.3 is 0 Å². The lowest BCUT2D eigenvalue weighted by Crippen LogP contribution is -2.11. The number of anilines is 3. The van der Waals surface area contributed by atoms with Crippen LogP contribution >= 0.6 is 11.3 Å². The van der Waals surface area contributed by atoms with Crippen molar-refractivity contribution >= 4 is 34.3 Å². The molecule has 2 N–H and O–H groups in total. The minimum absolute atomic E-state index is 0.0532. The third-order valence-electron chi connectivity index (χ3n) is 3.95. The number of hydrogen-bond acceptors (Lipinski definition) is 4. The molecule has 0 unspecified atom stereocenters. The summed E-state index contributed by atoms with van der Waals surface area (Å²) in [5, 5.41) is 8.33. The second-order valence-electron chi connectivity index (χ2n) is 5.91. The molecule has 26 heavy (non-hydrogen) atoms. The molecule has 1 amide bonds. The first-order valence-corrected chi connectivity index (χ1v) is 9.44. The molecule has 0 atom stereocenters. The lowest BCUT2D eigenvalue weighted by atomic mass is 10.2. The predicted molar refractivity (Wildman–Crippen MR) is 109 cm³/mol. The van der Waals surface area contributed by atoms with E-state index < -0.39 is 0 Å². The number of aryl methyl sites for hydroxylation is 1. The summed E-state index contributed by atoms with van der Waals surface area (Å²) in [6.07, 6.45) is 2.35. The fraction of sp³-hybridized carbons (Fsp3) is 0.190. The zero-order valence-electron chi connectivity index (χ0n) is 14.7. The molecule has 3 aromatic rings. The summed E-state index contributed by atoms with van der Waals surface area (Å²) in [4.78, 5) is 13.4. The van der Waals surface area contributed by atoms with Crippen molar-refractivity contribution in [1.82, 2.24) is 0 Å². The van der Waals surface area contributed by atoms with Crippen molar-refractivity contribution in [2.45, 2.75) is 19.3 Å². The Balaban J connectivity index is 1.46. The molecule has 0 aliphatic heterocycles. The van der Waals surface area contributed by atoms with E-state index in [1.807, 2.05) is 54.6 Å². The predicted octanol–water partition coefficient (Wildman–Crippen LogP) is 5.46. The van der Waals surface area contributed by atoms with E-state index in [1.54, 1.807) is 18.4 Å². The van der Waals surface area contributed by atoms with Gasteiger partial charge in [0.2, 0.25) is 5.91 Å². The molecule has 0 aliphatic carbocycles. The van der Waals surface area contributed by atoms with Gasteiger partial charge in [-0.25, -0.2) is 0 Å². The maximum absolute atomic E-state index is 12.0. The molecule has 0 aliphatic rings. The minimum Gasteiger partial charge on any atom is -0.497 e. The summed E-state index contributed by atoms with van der Waals surface area (Å²) in [5.41, 5.74) is 2.76. The van der Waals surface area contributed by atoms with Crippen molar-refractivity contribution in [2.75, 3.05) is 17.7 Å². The van der Waals surface area contributed by atoms with Gasteiger partial charge in [-0.05, 0) is 72.8 Å². The SMILES string of the molecule is COc1ccc(Nc2ccc(NC(=O)CCCc3cccs3)cc2)cc1. The van der Waals surface area contributed by atoms with Crippen molar-refractivity contribution in [2.24, 2.45) is 0 Å². The topological polar surface area (TPSA) is 50.4 Å². The summed E-state index contributed by atoms with van der Waals surface area (Å²) in [6, 6.07) is 19.6. The second kappa shape index (κ2) is 9.06. The van der Waals surface area contributed by atoms with Crippen molar-refractivity contribution in [3.63, 3.8) is 0 Å². The number of carbonyl (C=O) groups excluding carboxylic acids is 1. The van der Waals surface area contributed by atoms with Crippen LogP contribution in [0.15, 0.2) is 66.0 Å². The zero-order chi connectivity index (χ0) is 18.2. The van der Waals surface area contributed by atoms with Crippen molar-refractivity contribution in [3.8, 4) is 5.75 Å². The Morgan fingerprint density at radius 1 is 0.962 bits per heavy atom. The quantitative estimate of drug-likeness (QED) is 0.556. The lowest BCUT2D eigenvalue weighted by Gasteiger charge is -2.09. The first kappa shape index (κ1) is 18.0. The van der Waals surface area contributed by atoms with Crippen LogP contribution in [0.3, 0.4) is 0 Å². The second-order valence-corrected chi connectivity index (χ2v) is 6.94. The lowest BCUT2D eigenvalue weighted by molar-refractivity contribution is -0.116. The van der Waals surface area contributed by atoms with Crippen LogP contribution in [-0.2, 0) is 11.2 Å². The molecule has 3 rings (SSSR count). The van der Waals surface area contributed by atoms with E-state index in [2.05, 4.69) is 22.1 Å². The molecular weight excluding hydrogens is 344 g/mol. The van der Waals surface area contributed by atoms with Crippen LogP contribution in [0.4, 0.5) is 17.1 Å². The number of thiophene rings is 1. The van der Waals surface area contributed by atoms with Crippen LogP contribution < -0.4 is 15.4 Å². The van der Waals surface area contributed by atoms with Gasteiger partial charge in [-0.3, -0.25) is 4.79 Å². The number of benzene rings is 2. The summed E-state index contributed by atoms with van der Waals surface area (Å²) < 4.78 is 5.15. The Morgan fingerprint density at radius 3 is 2.23 bits per heavy atom. The number of carbonyl (C=O) groups is 1. The van der Waals surface area contributed by atoms with Gasteiger partial charge in [0.1, 0.15) is 5.75 Å². The van der Waals surface area contributed by atoms with E-state index in [-0.39, 0.29) is 5.91 Å². The monoisotopic (exact) mass is 366 g/mol. The Bertz CT molecular complexity index is 812. The number of hydrogen-bond donors (Lipinski definition) is 2. The average Bonchev–Trinajstić information content (AvgIpc) is 3.17. The van der Waals surface area contributed by atoms with Gasteiger partial charge in [0, 0.05) is 28.4 Å². The first-order chi connectivity index (χ1) is 12.7. The van der Waals surface area contributed by atoms with Gasteiger partial charge in [-0.15, -0.1) is 11.3 Å². The van der Waals surface area contributed by atoms with E-state index in [0.29, 0.717) is 6.42 Å². The Labute approximate surface area is 157 Å². The Kier molecular flexibility index (Phi) is 6.28. The smallest absolute Gasteiger partial charge is 0.224 e. The molecule has 1 heterocycles. The number of methoxy groups -OCH3 is 1. The molecular formula is C21H22N2O2S. The summed E-state index contributed by atoms with van der Waals surface area (Å²) >= 11 is 1.74. The molecule has 0 fully saturated rings. The number of rotatable bonds is 8. The van der Waals surface area contributed by atoms with Gasteiger partial charge in [-0.2, -0.15) is 0 Å². The molecule has 0 saturated carbocycles. The maximum Gasteiger partial charge on any atom is 0.224 e. The molecule has 134 valence electrons. The molecule has 5 heteroatoms. The van der Waals surface area contributed by atoms with Gasteiger partial charge in [0.05, 0.1) is 7.11 Å². The van der Waals surface area contributed by atoms with Crippen molar-refractivity contribution < 1.29 is 9.53 Å². The molecule has 0 radical (unpaired) electrons. The van der Waals surface area contributed by atoms with Crippen LogP contribution in [0.5, 0.6) is 5.75 Å². The van der Waals surface area contributed by atoms with Crippen molar-refractivity contribution in [3.05, 3.63) is 70.9 Å². The number of nitrogens with one attached hydrogen (secondary N) is 2. The molecule has 2 aromatic carbocycles. The molecule has 0 saturated heterocycles. The molecule has 0 bridgehead atoms. The van der Waals surface area contributed by atoms with Crippen LogP contribution in [0.1, 0.15) is 17.7 Å². The van der Waals surface area contributed by atoms with E-state index in [4.69, 9.17) is 4.74 Å². The highest BCUT2D eigenvalue weighted by Crippen LogP contribution is 2.21. The van der Waals surface area contributed by atoms with Crippen LogP contribution in [-0.4, -0.2) is 13.0 Å². The third kappa shape index (κ3) is 5.36. The van der Waals surface area contributed by atoms with Crippen LogP contribution in [0, 0.1) is 0 Å². The first-order valence-electron chi connectivity index (χ1n) is 8.56. The molecule has 4 nitrogen and oxygen atoms in total. The number of amides is 1. The fourth-order valence-corrected chi connectivity index (χ4v) is 3.33. The highest BCUT2D eigenvalue weighted by Gasteiger charge is 2.04. The largest absolute Gasteiger partial charge is 0.497 e. The summed E-state index contributed by atoms with van der Waals surface area (Å²) in [6.45, 7) is 0. The maximum atomic E-state index is 12.0. The fourth-order valence-electron chi connectivity index (χ4n) is 2.58. The minimum atomic E-state index is 0.0532. The van der Waals surface area contributed by atoms with E-state index in [9.17, 15) is 4.79 Å². The van der Waals surface area contributed by atoms with E-state index in [0.717, 1.165) is 35.7 Å². The third-order valence-corrected chi connectivity index (χ3v) is 4.89. The Hall–Kier alpha value is -2.79. The van der Waals surface area contributed by atoms with Crippen LogP contribution in [0.25, 0.3) is 0 Å². The molecule has 1 aromatic heterocycles. The average molecular weight is 366 g/mol. The van der Waals surface area contributed by atoms with Gasteiger partial charge in [0.25, 0.3) is 0 Å². The standard InChI is InChI=1S/C21H22N2O2S/c1-25-19-13-11-17(12-14-19)22-16-7-9-18(10-8-16)23-21(24)6-2-4-20-5-3-15-26-20/h3,5,7-15,22H,2,4,6H2,1H3,(H,23,24). The molecule has 0 spiro atoms. The van der Waals surface area contributed by atoms with E-state index in [1.165, 1.54) is 4.88 Å². The van der Waals surface area contributed by atoms with Crippen LogP contribution in [0.2, 0.25) is 0 Å². The summed E-state index contributed by atoms with van der Waals surface area (Å²) in [7, 11) is 1.65. The summed E-state index contributed by atoms with van der Waals surface area (Å²) in [5.74, 6) is 0.880. The van der Waals surface area contributed by atoms with Gasteiger partial charge in [-0.1, -0.05) is 6.07 Å². The van der Waals surface area contributed by atoms with Gasteiger partial charge in [0.15, 0.2) is 0 Å². The normalized spacial score (nSPS) is 10.3. The highest BCUT2D eigenvalue weighted by atomic mass is 32.1. The Morgan fingerprint density at radius 2 is 1.62 bits per heavy atom. The van der Waals surface area contributed by atoms with Crippen molar-refractivity contribution in [1.29, 1.82) is 0 Å². The zero-order valence-corrected chi connectivity index (χ0v) is 15.5. The number of ether oxygens (including phenoxy) is 1. The van der Waals surface area contributed by atoms with E-state index >= 15 is 0 Å². The van der Waals surface area contributed by atoms with Gasteiger partial charge < -0.3 is 15.4 Å². The highest BCUT2D eigenvalue weighted by molar-refractivity contribution is 7.09.